The Hall–Kier alpha value is 0.390. The average molecular weight is 120 g/mol. The highest BCUT2D eigenvalue weighted by Gasteiger charge is 1.79. The van der Waals surface area contributed by atoms with Crippen molar-refractivity contribution in [1.29, 1.82) is 0 Å². The lowest BCUT2D eigenvalue weighted by Gasteiger charge is -1.93. The standard InChI is InChI=1S/C5H13OP/c1-3-4-7-5-6-2/h7H,3-5H2,1-2H3. The fourth-order valence-electron chi connectivity index (χ4n) is 0.351. The van der Waals surface area contributed by atoms with Crippen LogP contribution in [0.15, 0.2) is 0 Å². The van der Waals surface area contributed by atoms with Gasteiger partial charge in [0.25, 0.3) is 0 Å². The molecule has 0 aliphatic rings. The van der Waals surface area contributed by atoms with Crippen molar-refractivity contribution in [2.24, 2.45) is 0 Å². The first-order valence-electron chi connectivity index (χ1n) is 2.61. The highest BCUT2D eigenvalue weighted by Crippen LogP contribution is 2.08. The monoisotopic (exact) mass is 120 g/mol. The zero-order valence-electron chi connectivity index (χ0n) is 5.03. The van der Waals surface area contributed by atoms with Crippen molar-refractivity contribution < 1.29 is 4.74 Å². The van der Waals surface area contributed by atoms with Gasteiger partial charge in [0.15, 0.2) is 0 Å². The van der Waals surface area contributed by atoms with Gasteiger partial charge in [0.05, 0.1) is 6.35 Å². The fraction of sp³-hybridized carbons (Fsp3) is 1.00. The number of methoxy groups -OCH3 is 1. The third-order valence-corrected chi connectivity index (χ3v) is 2.02. The van der Waals surface area contributed by atoms with Crippen molar-refractivity contribution in [2.75, 3.05) is 19.6 Å². The van der Waals surface area contributed by atoms with Gasteiger partial charge in [-0.2, -0.15) is 0 Å². The van der Waals surface area contributed by atoms with Crippen molar-refractivity contribution in [1.82, 2.24) is 0 Å². The Morgan fingerprint density at radius 1 is 1.57 bits per heavy atom. The Bertz CT molecular complexity index is 27.3. The van der Waals surface area contributed by atoms with Gasteiger partial charge >= 0.3 is 0 Å². The van der Waals surface area contributed by atoms with Gasteiger partial charge in [-0.1, -0.05) is 21.9 Å². The van der Waals surface area contributed by atoms with Crippen LogP contribution >= 0.6 is 8.58 Å². The van der Waals surface area contributed by atoms with E-state index in [9.17, 15) is 0 Å². The van der Waals surface area contributed by atoms with Crippen LogP contribution in [0.5, 0.6) is 0 Å². The van der Waals surface area contributed by atoms with E-state index in [4.69, 9.17) is 4.74 Å². The lowest BCUT2D eigenvalue weighted by molar-refractivity contribution is 0.256. The Morgan fingerprint density at radius 2 is 2.29 bits per heavy atom. The van der Waals surface area contributed by atoms with Gasteiger partial charge in [-0.15, -0.1) is 0 Å². The van der Waals surface area contributed by atoms with Crippen LogP contribution in [0.25, 0.3) is 0 Å². The van der Waals surface area contributed by atoms with Gasteiger partial charge in [0, 0.05) is 7.11 Å². The molecule has 0 N–H and O–H groups in total. The molecule has 0 radical (unpaired) electrons. The maximum atomic E-state index is 4.86. The molecule has 0 bridgehead atoms. The number of rotatable bonds is 4. The van der Waals surface area contributed by atoms with Crippen molar-refractivity contribution >= 4 is 8.58 Å². The van der Waals surface area contributed by atoms with Gasteiger partial charge in [-0.25, -0.2) is 0 Å². The first kappa shape index (κ1) is 7.39. The predicted molar refractivity (Wildman–Crippen MR) is 35.3 cm³/mol. The van der Waals surface area contributed by atoms with Crippen molar-refractivity contribution in [3.63, 3.8) is 0 Å². The van der Waals surface area contributed by atoms with Gasteiger partial charge in [-0.05, 0) is 6.16 Å². The summed E-state index contributed by atoms with van der Waals surface area (Å²) in [5.41, 5.74) is 0. The molecule has 0 spiro atoms. The molecule has 0 rings (SSSR count). The minimum atomic E-state index is 0.952. The normalized spacial score (nSPS) is 11.1. The van der Waals surface area contributed by atoms with Crippen LogP contribution in [0.4, 0.5) is 0 Å². The summed E-state index contributed by atoms with van der Waals surface area (Å²) in [4.78, 5) is 0. The van der Waals surface area contributed by atoms with E-state index in [1.807, 2.05) is 0 Å². The van der Waals surface area contributed by atoms with Crippen molar-refractivity contribution in [2.45, 2.75) is 13.3 Å². The highest BCUT2D eigenvalue weighted by molar-refractivity contribution is 7.37. The molecular formula is C5H13OP. The highest BCUT2D eigenvalue weighted by atomic mass is 31.1. The molecule has 0 aromatic rings. The SMILES string of the molecule is CCCPCOC. The van der Waals surface area contributed by atoms with E-state index in [-0.39, 0.29) is 0 Å². The summed E-state index contributed by atoms with van der Waals surface area (Å²) in [5, 5.41) is 0. The van der Waals surface area contributed by atoms with Crippen LogP contribution in [0.1, 0.15) is 13.3 Å². The molecule has 0 fully saturated rings. The van der Waals surface area contributed by atoms with Gasteiger partial charge < -0.3 is 4.74 Å². The summed E-state index contributed by atoms with van der Waals surface area (Å²) in [6.45, 7) is 2.20. The van der Waals surface area contributed by atoms with E-state index in [2.05, 4.69) is 6.92 Å². The van der Waals surface area contributed by atoms with Crippen LogP contribution in [-0.2, 0) is 4.74 Å². The van der Waals surface area contributed by atoms with Gasteiger partial charge in [0.2, 0.25) is 0 Å². The lowest BCUT2D eigenvalue weighted by atomic mass is 10.6. The molecule has 0 aromatic carbocycles. The molecule has 0 aliphatic carbocycles. The summed E-state index contributed by atoms with van der Waals surface area (Å²) < 4.78 is 4.86. The first-order valence-corrected chi connectivity index (χ1v) is 4.03. The Labute approximate surface area is 47.2 Å². The maximum Gasteiger partial charge on any atom is 0.0627 e. The predicted octanol–water partition coefficient (Wildman–Crippen LogP) is 1.68. The molecule has 0 aromatic heterocycles. The van der Waals surface area contributed by atoms with E-state index in [0.717, 1.165) is 14.9 Å². The lowest BCUT2D eigenvalue weighted by Crippen LogP contribution is -1.79. The molecule has 7 heavy (non-hydrogen) atoms. The Kier molecular flexibility index (Phi) is 6.75. The quantitative estimate of drug-likeness (QED) is 0.405. The maximum absolute atomic E-state index is 4.86. The van der Waals surface area contributed by atoms with Crippen LogP contribution in [-0.4, -0.2) is 19.6 Å². The largest absolute Gasteiger partial charge is 0.380 e. The van der Waals surface area contributed by atoms with Gasteiger partial charge in [-0.3, -0.25) is 0 Å². The number of hydrogen-bond donors (Lipinski definition) is 0. The zero-order chi connectivity index (χ0) is 5.54. The molecule has 1 atom stereocenters. The Morgan fingerprint density at radius 3 is 2.71 bits per heavy atom. The summed E-state index contributed by atoms with van der Waals surface area (Å²) in [5.74, 6) is 0. The van der Waals surface area contributed by atoms with Crippen molar-refractivity contribution in [3.8, 4) is 0 Å². The third-order valence-electron chi connectivity index (χ3n) is 0.673. The van der Waals surface area contributed by atoms with E-state index in [0.29, 0.717) is 0 Å². The second-order valence-electron chi connectivity index (χ2n) is 1.43. The van der Waals surface area contributed by atoms with Crippen LogP contribution < -0.4 is 0 Å². The second-order valence-corrected chi connectivity index (χ2v) is 2.72. The summed E-state index contributed by atoms with van der Waals surface area (Å²) in [6, 6.07) is 0. The number of hydrogen-bond acceptors (Lipinski definition) is 1. The van der Waals surface area contributed by atoms with Crippen LogP contribution in [0.2, 0.25) is 0 Å². The minimum Gasteiger partial charge on any atom is -0.380 e. The molecule has 0 amide bonds. The van der Waals surface area contributed by atoms with E-state index >= 15 is 0 Å². The van der Waals surface area contributed by atoms with E-state index in [1.54, 1.807) is 7.11 Å². The topological polar surface area (TPSA) is 9.23 Å². The molecule has 0 saturated carbocycles. The van der Waals surface area contributed by atoms with E-state index in [1.165, 1.54) is 12.6 Å². The molecule has 1 unspecified atom stereocenters. The molecule has 0 saturated heterocycles. The summed E-state index contributed by atoms with van der Waals surface area (Å²) in [6.07, 6.45) is 3.57. The molecule has 0 heterocycles. The molecule has 2 heteroatoms. The first-order chi connectivity index (χ1) is 3.41. The molecule has 44 valence electrons. The second kappa shape index (κ2) is 6.39. The summed E-state index contributed by atoms with van der Waals surface area (Å²) in [7, 11) is 2.76. The zero-order valence-corrected chi connectivity index (χ0v) is 6.03. The fourth-order valence-corrected chi connectivity index (χ4v) is 1.05. The van der Waals surface area contributed by atoms with E-state index < -0.39 is 0 Å². The average Bonchev–Trinajstić information content (AvgIpc) is 1.69. The summed E-state index contributed by atoms with van der Waals surface area (Å²) >= 11 is 0. The van der Waals surface area contributed by atoms with Crippen LogP contribution in [0, 0.1) is 0 Å². The minimum absolute atomic E-state index is 0.952. The smallest absolute Gasteiger partial charge is 0.0627 e. The number of ether oxygens (including phenoxy) is 1. The molecule has 0 aliphatic heterocycles. The molecule has 1 nitrogen and oxygen atoms in total. The third kappa shape index (κ3) is 6.39. The van der Waals surface area contributed by atoms with Crippen LogP contribution in [0.3, 0.4) is 0 Å². The van der Waals surface area contributed by atoms with Gasteiger partial charge in [0.1, 0.15) is 0 Å². The Balaban J connectivity index is 2.45. The van der Waals surface area contributed by atoms with Crippen molar-refractivity contribution in [3.05, 3.63) is 0 Å². The molecular weight excluding hydrogens is 107 g/mol.